The molecule has 0 amide bonds. The van der Waals surface area contributed by atoms with Crippen molar-refractivity contribution >= 4 is 22.8 Å². The fourth-order valence-electron chi connectivity index (χ4n) is 1.83. The Morgan fingerprint density at radius 2 is 2.05 bits per heavy atom. The zero-order valence-corrected chi connectivity index (χ0v) is 12.0. The molecule has 2 rings (SSSR count). The summed E-state index contributed by atoms with van der Waals surface area (Å²) in [6.07, 6.45) is 3.36. The first-order chi connectivity index (χ1) is 8.79. The number of H-pyrrole nitrogens is 1. The third-order valence-corrected chi connectivity index (χ3v) is 2.74. The number of ketones is 1. The third-order valence-electron chi connectivity index (χ3n) is 2.74. The largest absolute Gasteiger partial charge is 0.367 e. The third kappa shape index (κ3) is 2.75. The fourth-order valence-corrected chi connectivity index (χ4v) is 1.83. The maximum absolute atomic E-state index is 12.4. The van der Waals surface area contributed by atoms with Crippen molar-refractivity contribution in [3.05, 3.63) is 18.0 Å². The molecule has 0 spiro atoms. The number of Topliss-reactive ketones (excluding diaryl/α,β-unsaturated/α-hetero) is 1. The molecule has 0 radical (unpaired) electrons. The number of nitrogens with zero attached hydrogens (tertiary/aromatic N) is 2. The second-order valence-corrected chi connectivity index (χ2v) is 6.03. The van der Waals surface area contributed by atoms with E-state index < -0.39 is 5.41 Å². The van der Waals surface area contributed by atoms with Gasteiger partial charge in [0.25, 0.3) is 0 Å². The van der Waals surface area contributed by atoms with Crippen LogP contribution in [0.25, 0.3) is 11.2 Å². The van der Waals surface area contributed by atoms with Crippen LogP contribution in [0.1, 0.15) is 45.0 Å². The average molecular weight is 260 g/mol. The van der Waals surface area contributed by atoms with Crippen LogP contribution in [-0.4, -0.2) is 26.8 Å². The SMILES string of the molecule is CC(C)Nc1cnc2[nH]cc(C(=O)C(C)(C)C)c2n1. The Labute approximate surface area is 112 Å². The van der Waals surface area contributed by atoms with Crippen LogP contribution in [0.2, 0.25) is 0 Å². The van der Waals surface area contributed by atoms with Gasteiger partial charge in [0.1, 0.15) is 11.3 Å². The van der Waals surface area contributed by atoms with Gasteiger partial charge in [-0.25, -0.2) is 9.97 Å². The summed E-state index contributed by atoms with van der Waals surface area (Å²) in [6, 6.07) is 0.271. The van der Waals surface area contributed by atoms with Gasteiger partial charge in [-0.2, -0.15) is 0 Å². The molecule has 2 N–H and O–H groups in total. The number of carbonyl (C=O) groups excluding carboxylic acids is 1. The summed E-state index contributed by atoms with van der Waals surface area (Å²) in [7, 11) is 0. The smallest absolute Gasteiger partial charge is 0.171 e. The van der Waals surface area contributed by atoms with E-state index in [9.17, 15) is 4.79 Å². The molecule has 0 aliphatic heterocycles. The molecule has 0 aliphatic rings. The van der Waals surface area contributed by atoms with E-state index >= 15 is 0 Å². The molecule has 0 fully saturated rings. The number of aromatic nitrogens is 3. The molecule has 0 saturated heterocycles. The maximum Gasteiger partial charge on any atom is 0.171 e. The zero-order valence-electron chi connectivity index (χ0n) is 12.0. The number of nitrogens with one attached hydrogen (secondary N) is 2. The van der Waals surface area contributed by atoms with Gasteiger partial charge in [0.15, 0.2) is 11.4 Å². The minimum absolute atomic E-state index is 0.0646. The van der Waals surface area contributed by atoms with Crippen LogP contribution < -0.4 is 5.32 Å². The summed E-state index contributed by atoms with van der Waals surface area (Å²) < 4.78 is 0. The summed E-state index contributed by atoms with van der Waals surface area (Å²) in [5, 5.41) is 3.19. The number of rotatable bonds is 3. The number of fused-ring (bicyclic) bond motifs is 1. The van der Waals surface area contributed by atoms with Gasteiger partial charge in [0, 0.05) is 17.7 Å². The highest BCUT2D eigenvalue weighted by Gasteiger charge is 2.26. The molecule has 2 aromatic rings. The standard InChI is InChI=1S/C14H20N4O/c1-8(2)17-10-7-16-13-11(18-10)9(6-15-13)12(19)14(3,4)5/h6-8H,1-5H3,(H,15,16)(H,17,18). The van der Waals surface area contributed by atoms with Gasteiger partial charge in [-0.15, -0.1) is 0 Å². The summed E-state index contributed by atoms with van der Waals surface area (Å²) in [5.74, 6) is 0.750. The van der Waals surface area contributed by atoms with Crippen LogP contribution in [0.4, 0.5) is 5.82 Å². The van der Waals surface area contributed by atoms with Crippen LogP contribution in [0.15, 0.2) is 12.4 Å². The summed E-state index contributed by atoms with van der Waals surface area (Å²) in [4.78, 5) is 24.1. The van der Waals surface area contributed by atoms with E-state index in [1.165, 1.54) is 0 Å². The quantitative estimate of drug-likeness (QED) is 0.832. The highest BCUT2D eigenvalue weighted by molar-refractivity contribution is 6.08. The lowest BCUT2D eigenvalue weighted by Gasteiger charge is -2.15. The van der Waals surface area contributed by atoms with Crippen molar-refractivity contribution in [2.45, 2.75) is 40.7 Å². The molecule has 5 nitrogen and oxygen atoms in total. The van der Waals surface area contributed by atoms with Gasteiger partial charge in [-0.1, -0.05) is 20.8 Å². The van der Waals surface area contributed by atoms with E-state index in [0.717, 1.165) is 0 Å². The Bertz CT molecular complexity index is 607. The molecule has 0 aromatic carbocycles. The van der Waals surface area contributed by atoms with Crippen molar-refractivity contribution in [3.63, 3.8) is 0 Å². The van der Waals surface area contributed by atoms with E-state index in [2.05, 4.69) is 20.3 Å². The topological polar surface area (TPSA) is 70.7 Å². The van der Waals surface area contributed by atoms with Crippen LogP contribution in [-0.2, 0) is 0 Å². The lowest BCUT2D eigenvalue weighted by atomic mass is 9.87. The predicted octanol–water partition coefficient (Wildman–Crippen LogP) is 3.01. The Morgan fingerprint density at radius 1 is 1.37 bits per heavy atom. The monoisotopic (exact) mass is 260 g/mol. The first kappa shape index (κ1) is 13.5. The number of carbonyl (C=O) groups is 1. The van der Waals surface area contributed by atoms with Crippen molar-refractivity contribution in [1.82, 2.24) is 15.0 Å². The number of aromatic amines is 1. The minimum Gasteiger partial charge on any atom is -0.367 e. The normalized spacial score (nSPS) is 12.1. The van der Waals surface area contributed by atoms with Gasteiger partial charge >= 0.3 is 0 Å². The van der Waals surface area contributed by atoms with E-state index in [4.69, 9.17) is 0 Å². The van der Waals surface area contributed by atoms with Crippen LogP contribution >= 0.6 is 0 Å². The summed E-state index contributed by atoms with van der Waals surface area (Å²) in [5.41, 5.74) is 1.44. The Hall–Kier alpha value is -1.91. The molecule has 0 unspecified atom stereocenters. The van der Waals surface area contributed by atoms with Crippen molar-refractivity contribution in [2.24, 2.45) is 5.41 Å². The second-order valence-electron chi connectivity index (χ2n) is 6.03. The zero-order chi connectivity index (χ0) is 14.2. The number of hydrogen-bond donors (Lipinski definition) is 2. The Morgan fingerprint density at radius 3 is 2.63 bits per heavy atom. The number of hydrogen-bond acceptors (Lipinski definition) is 4. The molecule has 19 heavy (non-hydrogen) atoms. The number of anilines is 1. The molecule has 2 heterocycles. The van der Waals surface area contributed by atoms with Crippen LogP contribution in [0.5, 0.6) is 0 Å². The summed E-state index contributed by atoms with van der Waals surface area (Å²) >= 11 is 0. The molecule has 0 bridgehead atoms. The Balaban J connectivity index is 2.49. The maximum atomic E-state index is 12.4. The van der Waals surface area contributed by atoms with Gasteiger partial charge in [-0.05, 0) is 13.8 Å². The molecule has 2 aromatic heterocycles. The highest BCUT2D eigenvalue weighted by Crippen LogP contribution is 2.25. The van der Waals surface area contributed by atoms with E-state index in [-0.39, 0.29) is 11.8 Å². The van der Waals surface area contributed by atoms with Gasteiger partial charge < -0.3 is 10.3 Å². The molecule has 0 atom stereocenters. The van der Waals surface area contributed by atoms with E-state index in [1.807, 2.05) is 34.6 Å². The van der Waals surface area contributed by atoms with Crippen molar-refractivity contribution < 1.29 is 4.79 Å². The highest BCUT2D eigenvalue weighted by atomic mass is 16.1. The lowest BCUT2D eigenvalue weighted by Crippen LogP contribution is -2.20. The van der Waals surface area contributed by atoms with Gasteiger partial charge in [0.2, 0.25) is 0 Å². The molecular weight excluding hydrogens is 240 g/mol. The van der Waals surface area contributed by atoms with Gasteiger partial charge in [0.05, 0.1) is 11.8 Å². The fraction of sp³-hybridized carbons (Fsp3) is 0.500. The average Bonchev–Trinajstić information content (AvgIpc) is 2.68. The molecule has 0 saturated carbocycles. The van der Waals surface area contributed by atoms with Crippen LogP contribution in [0.3, 0.4) is 0 Å². The molecule has 0 aliphatic carbocycles. The van der Waals surface area contributed by atoms with Crippen LogP contribution in [0, 0.1) is 5.41 Å². The molecule has 5 heteroatoms. The van der Waals surface area contributed by atoms with E-state index in [0.29, 0.717) is 22.5 Å². The van der Waals surface area contributed by atoms with Gasteiger partial charge in [-0.3, -0.25) is 4.79 Å². The first-order valence-corrected chi connectivity index (χ1v) is 6.44. The Kier molecular flexibility index (Phi) is 3.30. The minimum atomic E-state index is -0.432. The van der Waals surface area contributed by atoms with Crippen molar-refractivity contribution in [2.75, 3.05) is 5.32 Å². The summed E-state index contributed by atoms with van der Waals surface area (Å²) in [6.45, 7) is 9.77. The van der Waals surface area contributed by atoms with Crippen molar-refractivity contribution in [3.8, 4) is 0 Å². The molecular formula is C14H20N4O. The lowest BCUT2D eigenvalue weighted by molar-refractivity contribution is 0.0860. The second kappa shape index (κ2) is 4.64. The molecule has 102 valence electrons. The predicted molar refractivity (Wildman–Crippen MR) is 76.4 cm³/mol. The van der Waals surface area contributed by atoms with Crippen molar-refractivity contribution in [1.29, 1.82) is 0 Å². The van der Waals surface area contributed by atoms with E-state index in [1.54, 1.807) is 12.4 Å². The first-order valence-electron chi connectivity index (χ1n) is 6.44.